The monoisotopic (exact) mass is 462 g/mol. The van der Waals surface area contributed by atoms with Crippen molar-refractivity contribution in [2.75, 3.05) is 11.5 Å². The maximum absolute atomic E-state index is 12.4. The van der Waals surface area contributed by atoms with Crippen LogP contribution in [0.5, 0.6) is 0 Å². The number of carbonyl (C=O) groups is 2. The molecule has 0 aliphatic carbocycles. The summed E-state index contributed by atoms with van der Waals surface area (Å²) in [6, 6.07) is 15.3. The van der Waals surface area contributed by atoms with E-state index in [9.17, 15) is 9.59 Å². The molecule has 144 valence electrons. The van der Waals surface area contributed by atoms with Crippen LogP contribution in [0.4, 0.5) is 0 Å². The number of carbonyl (C=O) groups excluding carboxylic acids is 2. The Morgan fingerprint density at radius 1 is 0.750 bits per heavy atom. The van der Waals surface area contributed by atoms with E-state index in [0.29, 0.717) is 11.5 Å². The van der Waals surface area contributed by atoms with Gasteiger partial charge in [-0.15, -0.1) is 46.2 Å². The van der Waals surface area contributed by atoms with Crippen molar-refractivity contribution < 1.29 is 9.59 Å². The van der Waals surface area contributed by atoms with Crippen LogP contribution in [-0.2, 0) is 0 Å². The fourth-order valence-corrected chi connectivity index (χ4v) is 8.23. The molecule has 3 rings (SSSR count). The first-order valence-corrected chi connectivity index (χ1v) is 12.5. The third kappa shape index (κ3) is 5.87. The molecule has 0 saturated carbocycles. The Morgan fingerprint density at radius 2 is 1.11 bits per heavy atom. The quantitative estimate of drug-likeness (QED) is 0.202. The summed E-state index contributed by atoms with van der Waals surface area (Å²) in [6.07, 6.45) is 0. The standard InChI is InChI=1S/C21H18O2S5/c1-13-3-7-15(8-4-13)17(22)11-25-19-20(28-21(24)27-19)26-12-18(23)16-9-5-14(2)6-10-16/h3-10H,11-12H2,1-2H3. The number of rotatable bonds is 8. The van der Waals surface area contributed by atoms with Crippen LogP contribution >= 0.6 is 58.4 Å². The summed E-state index contributed by atoms with van der Waals surface area (Å²) in [6.45, 7) is 4.01. The molecular formula is C21H18O2S5. The van der Waals surface area contributed by atoms with Crippen LogP contribution in [0.2, 0.25) is 0 Å². The number of hydrogen-bond donors (Lipinski definition) is 0. The molecule has 0 radical (unpaired) electrons. The topological polar surface area (TPSA) is 34.1 Å². The summed E-state index contributed by atoms with van der Waals surface area (Å²) in [5.74, 6) is 0.928. The lowest BCUT2D eigenvalue weighted by Gasteiger charge is -2.04. The van der Waals surface area contributed by atoms with E-state index < -0.39 is 0 Å². The summed E-state index contributed by atoms with van der Waals surface area (Å²) < 4.78 is 2.87. The SMILES string of the molecule is Cc1ccc(C(=O)CSc2sc(=S)sc2SCC(=O)c2ccc(C)cc2)cc1. The molecule has 7 heteroatoms. The van der Waals surface area contributed by atoms with Crippen molar-refractivity contribution in [3.63, 3.8) is 0 Å². The zero-order valence-corrected chi connectivity index (χ0v) is 19.5. The Kier molecular flexibility index (Phi) is 7.65. The summed E-state index contributed by atoms with van der Waals surface area (Å²) in [7, 11) is 0. The van der Waals surface area contributed by atoms with E-state index in [-0.39, 0.29) is 11.6 Å². The lowest BCUT2D eigenvalue weighted by Crippen LogP contribution is -2.02. The van der Waals surface area contributed by atoms with Gasteiger partial charge in [-0.05, 0) is 13.8 Å². The maximum Gasteiger partial charge on any atom is 0.173 e. The van der Waals surface area contributed by atoms with Gasteiger partial charge in [0.1, 0.15) is 3.14 Å². The second-order valence-corrected chi connectivity index (χ2v) is 11.9. The van der Waals surface area contributed by atoms with Crippen molar-refractivity contribution in [3.8, 4) is 0 Å². The molecule has 0 N–H and O–H groups in total. The Labute approximate surface area is 186 Å². The molecule has 0 unspecified atom stereocenters. The second-order valence-electron chi connectivity index (χ2n) is 6.18. The highest BCUT2D eigenvalue weighted by molar-refractivity contribution is 8.05. The first-order valence-electron chi connectivity index (χ1n) is 8.51. The Hall–Kier alpha value is -1.25. The lowest BCUT2D eigenvalue weighted by molar-refractivity contribution is 0.101. The van der Waals surface area contributed by atoms with Crippen LogP contribution in [0.25, 0.3) is 0 Å². The molecule has 2 aromatic carbocycles. The van der Waals surface area contributed by atoms with Gasteiger partial charge in [-0.3, -0.25) is 9.59 Å². The van der Waals surface area contributed by atoms with Crippen LogP contribution in [-0.4, -0.2) is 23.1 Å². The molecule has 0 amide bonds. The minimum absolute atomic E-state index is 0.0981. The van der Waals surface area contributed by atoms with Gasteiger partial charge in [-0.1, -0.05) is 71.9 Å². The average Bonchev–Trinajstić information content (AvgIpc) is 3.05. The fourth-order valence-electron chi connectivity index (χ4n) is 2.34. The second kappa shape index (κ2) is 9.98. The van der Waals surface area contributed by atoms with Gasteiger partial charge in [-0.2, -0.15) is 0 Å². The molecule has 0 atom stereocenters. The number of Topliss-reactive ketones (excluding diaryl/α,β-unsaturated/α-hetero) is 2. The van der Waals surface area contributed by atoms with Gasteiger partial charge in [0.25, 0.3) is 0 Å². The van der Waals surface area contributed by atoms with Gasteiger partial charge >= 0.3 is 0 Å². The number of ketones is 2. The third-order valence-corrected chi connectivity index (χ3v) is 9.52. The summed E-state index contributed by atoms with van der Waals surface area (Å²) in [5, 5.41) is 0. The van der Waals surface area contributed by atoms with Crippen molar-refractivity contribution in [1.29, 1.82) is 0 Å². The Morgan fingerprint density at radius 3 is 1.46 bits per heavy atom. The molecule has 3 aromatic rings. The average molecular weight is 463 g/mol. The van der Waals surface area contributed by atoms with Crippen LogP contribution < -0.4 is 0 Å². The molecule has 0 saturated heterocycles. The summed E-state index contributed by atoms with van der Waals surface area (Å²) in [5.41, 5.74) is 3.72. The van der Waals surface area contributed by atoms with Crippen molar-refractivity contribution >= 4 is 70.0 Å². The van der Waals surface area contributed by atoms with E-state index >= 15 is 0 Å². The highest BCUT2D eigenvalue weighted by atomic mass is 32.2. The number of benzene rings is 2. The van der Waals surface area contributed by atoms with Crippen molar-refractivity contribution in [2.24, 2.45) is 0 Å². The minimum Gasteiger partial charge on any atom is -0.293 e. The van der Waals surface area contributed by atoms with Crippen molar-refractivity contribution in [1.82, 2.24) is 0 Å². The molecule has 0 spiro atoms. The van der Waals surface area contributed by atoms with Gasteiger partial charge < -0.3 is 0 Å². The Balaban J connectivity index is 1.61. The van der Waals surface area contributed by atoms with E-state index in [1.54, 1.807) is 0 Å². The molecule has 28 heavy (non-hydrogen) atoms. The first kappa shape index (κ1) is 21.5. The molecule has 0 fully saturated rings. The van der Waals surface area contributed by atoms with E-state index in [0.717, 1.165) is 33.8 Å². The molecule has 1 heterocycles. The van der Waals surface area contributed by atoms with Crippen LogP contribution in [0.3, 0.4) is 0 Å². The predicted octanol–water partition coefficient (Wildman–Crippen LogP) is 7.11. The highest BCUT2D eigenvalue weighted by Gasteiger charge is 2.14. The van der Waals surface area contributed by atoms with E-state index in [4.69, 9.17) is 12.2 Å². The van der Waals surface area contributed by atoms with Crippen molar-refractivity contribution in [2.45, 2.75) is 22.3 Å². The van der Waals surface area contributed by atoms with Gasteiger partial charge in [-0.25, -0.2) is 0 Å². The van der Waals surface area contributed by atoms with Crippen LogP contribution in [0.15, 0.2) is 56.9 Å². The first-order chi connectivity index (χ1) is 13.4. The largest absolute Gasteiger partial charge is 0.293 e. The van der Waals surface area contributed by atoms with Gasteiger partial charge in [0.05, 0.1) is 19.9 Å². The maximum atomic E-state index is 12.4. The summed E-state index contributed by atoms with van der Waals surface area (Å²) >= 11 is 11.4. The molecule has 0 aliphatic rings. The number of hydrogen-bond acceptors (Lipinski definition) is 7. The smallest absolute Gasteiger partial charge is 0.173 e. The zero-order chi connectivity index (χ0) is 20.1. The predicted molar refractivity (Wildman–Crippen MR) is 125 cm³/mol. The van der Waals surface area contributed by atoms with Crippen LogP contribution in [0, 0.1) is 17.0 Å². The molecular weight excluding hydrogens is 445 g/mol. The molecule has 0 bridgehead atoms. The van der Waals surface area contributed by atoms with Crippen LogP contribution in [0.1, 0.15) is 31.8 Å². The molecule has 0 aliphatic heterocycles. The van der Waals surface area contributed by atoms with Gasteiger partial charge in [0, 0.05) is 11.1 Å². The van der Waals surface area contributed by atoms with Gasteiger partial charge in [0.2, 0.25) is 0 Å². The Bertz CT molecular complexity index is 948. The molecule has 1 aromatic heterocycles. The van der Waals surface area contributed by atoms with Crippen molar-refractivity contribution in [3.05, 3.63) is 73.9 Å². The zero-order valence-electron chi connectivity index (χ0n) is 15.4. The highest BCUT2D eigenvalue weighted by Crippen LogP contribution is 2.41. The number of aryl methyl sites for hydroxylation is 2. The van der Waals surface area contributed by atoms with Gasteiger partial charge in [0.15, 0.2) is 11.6 Å². The minimum atomic E-state index is 0.0981. The third-order valence-electron chi connectivity index (χ3n) is 3.93. The summed E-state index contributed by atoms with van der Waals surface area (Å²) in [4.78, 5) is 24.9. The van der Waals surface area contributed by atoms with E-state index in [1.807, 2.05) is 62.4 Å². The molecule has 2 nitrogen and oxygen atoms in total. The van der Waals surface area contributed by atoms with E-state index in [1.165, 1.54) is 46.2 Å². The lowest BCUT2D eigenvalue weighted by atomic mass is 10.1. The normalized spacial score (nSPS) is 10.8. The fraction of sp³-hybridized carbons (Fsp3) is 0.190. The van der Waals surface area contributed by atoms with E-state index in [2.05, 4.69) is 0 Å². The number of thioether (sulfide) groups is 2.